The monoisotopic (exact) mass is 374 g/mol. The second-order valence-corrected chi connectivity index (χ2v) is 6.37. The van der Waals surface area contributed by atoms with Gasteiger partial charge in [-0.05, 0) is 52.1 Å². The van der Waals surface area contributed by atoms with Crippen LogP contribution in [0.3, 0.4) is 0 Å². The lowest BCUT2D eigenvalue weighted by atomic mass is 10.1. The van der Waals surface area contributed by atoms with E-state index < -0.39 is 42.0 Å². The van der Waals surface area contributed by atoms with E-state index in [1.165, 1.54) is 6.92 Å². The quantitative estimate of drug-likeness (QED) is 0.162. The molecule has 0 radical (unpaired) electrons. The predicted octanol–water partition coefficient (Wildman–Crippen LogP) is -2.59. The molecule has 0 aliphatic rings. The van der Waals surface area contributed by atoms with E-state index in [0.29, 0.717) is 45.2 Å². The van der Waals surface area contributed by atoms with Crippen LogP contribution in [0, 0.1) is 0 Å². The second kappa shape index (κ2) is 13.5. The zero-order chi connectivity index (χ0) is 20.1. The first-order valence-electron chi connectivity index (χ1n) is 8.98. The third-order valence-electron chi connectivity index (χ3n) is 3.98. The molecule has 0 saturated carbocycles. The van der Waals surface area contributed by atoms with Crippen molar-refractivity contribution < 1.29 is 19.5 Å². The van der Waals surface area contributed by atoms with Gasteiger partial charge in [-0.25, -0.2) is 0 Å². The van der Waals surface area contributed by atoms with Crippen molar-refractivity contribution in [1.82, 2.24) is 10.6 Å². The van der Waals surface area contributed by atoms with Gasteiger partial charge in [0.05, 0.1) is 12.1 Å². The Morgan fingerprint density at radius 2 is 1.46 bits per heavy atom. The van der Waals surface area contributed by atoms with Crippen molar-refractivity contribution in [3.63, 3.8) is 0 Å². The Morgan fingerprint density at radius 3 is 1.92 bits per heavy atom. The van der Waals surface area contributed by atoms with Crippen molar-refractivity contribution in [3.05, 3.63) is 0 Å². The van der Waals surface area contributed by atoms with Crippen molar-refractivity contribution in [2.24, 2.45) is 22.9 Å². The fourth-order valence-corrected chi connectivity index (χ4v) is 2.35. The largest absolute Gasteiger partial charge is 0.391 e. The molecule has 0 aromatic heterocycles. The average Bonchev–Trinajstić information content (AvgIpc) is 2.58. The van der Waals surface area contributed by atoms with Crippen molar-refractivity contribution in [3.8, 4) is 0 Å². The molecule has 0 aliphatic carbocycles. The van der Waals surface area contributed by atoms with E-state index >= 15 is 0 Å². The maximum absolute atomic E-state index is 12.4. The van der Waals surface area contributed by atoms with E-state index in [9.17, 15) is 19.5 Å². The molecular weight excluding hydrogens is 340 g/mol. The van der Waals surface area contributed by atoms with Gasteiger partial charge in [-0.3, -0.25) is 14.4 Å². The van der Waals surface area contributed by atoms with Crippen LogP contribution in [-0.2, 0) is 14.4 Å². The summed E-state index contributed by atoms with van der Waals surface area (Å²) in [7, 11) is 0. The molecule has 0 saturated heterocycles. The normalized spacial score (nSPS) is 15.6. The van der Waals surface area contributed by atoms with E-state index in [-0.39, 0.29) is 0 Å². The maximum Gasteiger partial charge on any atom is 0.245 e. The third-order valence-corrected chi connectivity index (χ3v) is 3.98. The van der Waals surface area contributed by atoms with Gasteiger partial charge in [0, 0.05) is 0 Å². The standard InChI is InChI=1S/C16H34N6O4/c1-10(23)13(22-15(25)11(19)6-2-4-8-17)16(26)21-12(14(20)24)7-3-5-9-18/h10-13,23H,2-9,17-19H2,1H3,(H2,20,24)(H,21,26)(H,22,25)/t10-,11+,12+,13+/m1/s1. The molecule has 0 unspecified atom stereocenters. The van der Waals surface area contributed by atoms with Gasteiger partial charge < -0.3 is 38.7 Å². The summed E-state index contributed by atoms with van der Waals surface area (Å²) in [5, 5.41) is 14.7. The van der Waals surface area contributed by atoms with E-state index in [2.05, 4.69) is 10.6 Å². The number of nitrogens with two attached hydrogens (primary N) is 4. The molecule has 0 heterocycles. The summed E-state index contributed by atoms with van der Waals surface area (Å²) in [6, 6.07) is -2.95. The van der Waals surface area contributed by atoms with Crippen molar-refractivity contribution >= 4 is 17.7 Å². The molecule has 0 rings (SSSR count). The van der Waals surface area contributed by atoms with Crippen LogP contribution in [0.25, 0.3) is 0 Å². The summed E-state index contributed by atoms with van der Waals surface area (Å²) >= 11 is 0. The third kappa shape index (κ3) is 9.66. The Bertz CT molecular complexity index is 446. The number of hydrogen-bond acceptors (Lipinski definition) is 7. The predicted molar refractivity (Wildman–Crippen MR) is 98.5 cm³/mol. The van der Waals surface area contributed by atoms with Gasteiger partial charge in [-0.2, -0.15) is 0 Å². The molecule has 11 N–H and O–H groups in total. The topological polar surface area (TPSA) is 200 Å². The van der Waals surface area contributed by atoms with Crippen LogP contribution < -0.4 is 33.6 Å². The summed E-state index contributed by atoms with van der Waals surface area (Å²) in [6.07, 6.45) is 2.30. The fourth-order valence-electron chi connectivity index (χ4n) is 2.35. The lowest BCUT2D eigenvalue weighted by Gasteiger charge is -2.25. The van der Waals surface area contributed by atoms with E-state index in [4.69, 9.17) is 22.9 Å². The number of rotatable bonds is 14. The minimum atomic E-state index is -1.24. The maximum atomic E-state index is 12.4. The zero-order valence-electron chi connectivity index (χ0n) is 15.4. The van der Waals surface area contributed by atoms with Crippen molar-refractivity contribution in [1.29, 1.82) is 0 Å². The molecule has 0 fully saturated rings. The highest BCUT2D eigenvalue weighted by molar-refractivity contribution is 5.92. The lowest BCUT2D eigenvalue weighted by Crippen LogP contribution is -2.58. The molecular formula is C16H34N6O4. The SMILES string of the molecule is C[C@@H](O)[C@H](NC(=O)[C@@H](N)CCCCN)C(=O)N[C@@H](CCCCN)C(N)=O. The minimum absolute atomic E-state index is 0.331. The molecule has 152 valence electrons. The molecule has 4 atom stereocenters. The minimum Gasteiger partial charge on any atom is -0.391 e. The smallest absolute Gasteiger partial charge is 0.245 e. The van der Waals surface area contributed by atoms with E-state index in [1.807, 2.05) is 0 Å². The number of primary amides is 1. The number of nitrogens with one attached hydrogen (secondary N) is 2. The molecule has 0 aliphatic heterocycles. The van der Waals surface area contributed by atoms with E-state index in [0.717, 1.165) is 6.42 Å². The van der Waals surface area contributed by atoms with Crippen molar-refractivity contribution in [2.75, 3.05) is 13.1 Å². The van der Waals surface area contributed by atoms with Gasteiger partial charge in [0.1, 0.15) is 12.1 Å². The molecule has 0 aromatic rings. The Morgan fingerprint density at radius 1 is 0.923 bits per heavy atom. The number of unbranched alkanes of at least 4 members (excludes halogenated alkanes) is 2. The lowest BCUT2D eigenvalue weighted by molar-refractivity contribution is -0.134. The molecule has 3 amide bonds. The summed E-state index contributed by atoms with van der Waals surface area (Å²) in [5.74, 6) is -1.94. The van der Waals surface area contributed by atoms with Crippen LogP contribution in [0.1, 0.15) is 45.4 Å². The van der Waals surface area contributed by atoms with Crippen LogP contribution in [0.4, 0.5) is 0 Å². The molecule has 26 heavy (non-hydrogen) atoms. The van der Waals surface area contributed by atoms with Gasteiger partial charge in [-0.15, -0.1) is 0 Å². The Labute approximate surface area is 154 Å². The first kappa shape index (κ1) is 24.2. The Hall–Kier alpha value is -1.75. The summed E-state index contributed by atoms with van der Waals surface area (Å²) in [4.78, 5) is 36.0. The highest BCUT2D eigenvalue weighted by Crippen LogP contribution is 2.04. The molecule has 0 bridgehead atoms. The number of amides is 3. The van der Waals surface area contributed by atoms with Gasteiger partial charge in [-0.1, -0.05) is 6.42 Å². The summed E-state index contributed by atoms with van der Waals surface area (Å²) in [6.45, 7) is 2.33. The zero-order valence-corrected chi connectivity index (χ0v) is 15.4. The van der Waals surface area contributed by atoms with Crippen LogP contribution >= 0.6 is 0 Å². The van der Waals surface area contributed by atoms with Crippen LogP contribution in [0.15, 0.2) is 0 Å². The second-order valence-electron chi connectivity index (χ2n) is 6.37. The molecule has 10 heteroatoms. The Balaban J connectivity index is 4.77. The average molecular weight is 374 g/mol. The molecule has 0 aromatic carbocycles. The van der Waals surface area contributed by atoms with Crippen LogP contribution in [0.2, 0.25) is 0 Å². The summed E-state index contributed by atoms with van der Waals surface area (Å²) in [5.41, 5.74) is 21.9. The van der Waals surface area contributed by atoms with E-state index in [1.54, 1.807) is 0 Å². The van der Waals surface area contributed by atoms with Crippen LogP contribution in [-0.4, -0.2) is 60.1 Å². The molecule has 0 spiro atoms. The number of aliphatic hydroxyl groups is 1. The van der Waals surface area contributed by atoms with Crippen molar-refractivity contribution in [2.45, 2.75) is 69.7 Å². The first-order chi connectivity index (χ1) is 12.2. The van der Waals surface area contributed by atoms with Gasteiger partial charge in [0.25, 0.3) is 0 Å². The number of aliphatic hydroxyl groups excluding tert-OH is 1. The first-order valence-corrected chi connectivity index (χ1v) is 8.98. The number of carbonyl (C=O) groups is 3. The number of carbonyl (C=O) groups excluding carboxylic acids is 3. The van der Waals surface area contributed by atoms with Gasteiger partial charge >= 0.3 is 0 Å². The number of hydrogen-bond donors (Lipinski definition) is 7. The summed E-state index contributed by atoms with van der Waals surface area (Å²) < 4.78 is 0. The molecule has 10 nitrogen and oxygen atoms in total. The highest BCUT2D eigenvalue weighted by atomic mass is 16.3. The van der Waals surface area contributed by atoms with Gasteiger partial charge in [0.15, 0.2) is 0 Å². The fraction of sp³-hybridized carbons (Fsp3) is 0.812. The van der Waals surface area contributed by atoms with Gasteiger partial charge in [0.2, 0.25) is 17.7 Å². The van der Waals surface area contributed by atoms with Crippen LogP contribution in [0.5, 0.6) is 0 Å². The highest BCUT2D eigenvalue weighted by Gasteiger charge is 2.30. The Kier molecular flexibility index (Phi) is 12.5.